The van der Waals surface area contributed by atoms with Crippen LogP contribution in [0, 0.1) is 11.3 Å². The number of hydrogen-bond acceptors (Lipinski definition) is 2. The van der Waals surface area contributed by atoms with Crippen molar-refractivity contribution >= 4 is 5.69 Å². The monoisotopic (exact) mass is 228 g/mol. The highest BCUT2D eigenvalue weighted by molar-refractivity contribution is 5.56. The van der Waals surface area contributed by atoms with Crippen molar-refractivity contribution in [1.29, 1.82) is 5.26 Å². The minimum absolute atomic E-state index is 0.778. The summed E-state index contributed by atoms with van der Waals surface area (Å²) >= 11 is 0. The minimum atomic E-state index is 0.778. The molecule has 1 aromatic carbocycles. The second kappa shape index (κ2) is 5.72. The number of nitrogens with zero attached hydrogens (tertiary/aromatic N) is 2. The molecular weight excluding hydrogens is 208 g/mol. The molecule has 1 saturated heterocycles. The summed E-state index contributed by atoms with van der Waals surface area (Å²) in [5.41, 5.74) is 3.43. The van der Waals surface area contributed by atoms with E-state index in [0.717, 1.165) is 12.0 Å². The van der Waals surface area contributed by atoms with Crippen LogP contribution in [0.4, 0.5) is 5.69 Å². The Morgan fingerprint density at radius 3 is 2.47 bits per heavy atom. The highest BCUT2D eigenvalue weighted by Crippen LogP contribution is 2.25. The van der Waals surface area contributed by atoms with Crippen LogP contribution >= 0.6 is 0 Å². The maximum Gasteiger partial charge on any atom is 0.0991 e. The molecule has 0 aliphatic carbocycles. The topological polar surface area (TPSA) is 27.0 Å². The molecule has 1 aromatic rings. The normalized spacial score (nSPS) is 16.4. The van der Waals surface area contributed by atoms with E-state index in [0.29, 0.717) is 0 Å². The van der Waals surface area contributed by atoms with Crippen molar-refractivity contribution in [3.63, 3.8) is 0 Å². The van der Waals surface area contributed by atoms with Crippen molar-refractivity contribution in [2.24, 2.45) is 0 Å². The fourth-order valence-corrected chi connectivity index (χ4v) is 2.56. The Balaban J connectivity index is 2.27. The van der Waals surface area contributed by atoms with Crippen LogP contribution in [-0.2, 0) is 6.42 Å². The largest absolute Gasteiger partial charge is 0.371 e. The maximum absolute atomic E-state index is 8.94. The average Bonchev–Trinajstić information content (AvgIpc) is 2.66. The number of hydrogen-bond donors (Lipinski definition) is 0. The molecule has 17 heavy (non-hydrogen) atoms. The fraction of sp³-hybridized carbons (Fsp3) is 0.533. The summed E-state index contributed by atoms with van der Waals surface area (Å²) in [6.45, 7) is 4.50. The molecular formula is C15H20N2. The van der Waals surface area contributed by atoms with Crippen molar-refractivity contribution < 1.29 is 0 Å². The molecule has 1 aliphatic rings. The third kappa shape index (κ3) is 2.79. The van der Waals surface area contributed by atoms with Gasteiger partial charge in [0.2, 0.25) is 0 Å². The van der Waals surface area contributed by atoms with Crippen LogP contribution in [0.3, 0.4) is 0 Å². The Bertz CT molecular complexity index is 409. The van der Waals surface area contributed by atoms with E-state index in [1.165, 1.54) is 50.0 Å². The summed E-state index contributed by atoms with van der Waals surface area (Å²) in [7, 11) is 0. The Labute approximate surface area is 104 Å². The Morgan fingerprint density at radius 1 is 1.18 bits per heavy atom. The van der Waals surface area contributed by atoms with Crippen molar-refractivity contribution in [3.8, 4) is 6.07 Å². The Morgan fingerprint density at radius 2 is 1.88 bits per heavy atom. The fourth-order valence-electron chi connectivity index (χ4n) is 2.56. The lowest BCUT2D eigenvalue weighted by molar-refractivity contribution is 0.726. The molecule has 1 fully saturated rings. The van der Waals surface area contributed by atoms with E-state index in [-0.39, 0.29) is 0 Å². The number of anilines is 1. The third-order valence-corrected chi connectivity index (χ3v) is 3.54. The molecule has 0 spiro atoms. The van der Waals surface area contributed by atoms with Gasteiger partial charge >= 0.3 is 0 Å². The van der Waals surface area contributed by atoms with Gasteiger partial charge in [-0.2, -0.15) is 5.26 Å². The van der Waals surface area contributed by atoms with E-state index in [9.17, 15) is 0 Å². The molecule has 0 radical (unpaired) electrons. The summed E-state index contributed by atoms with van der Waals surface area (Å²) in [4.78, 5) is 2.49. The lowest BCUT2D eigenvalue weighted by atomic mass is 10.1. The van der Waals surface area contributed by atoms with Crippen molar-refractivity contribution in [3.05, 3.63) is 29.3 Å². The van der Waals surface area contributed by atoms with E-state index in [1.807, 2.05) is 12.1 Å². The zero-order valence-electron chi connectivity index (χ0n) is 10.6. The van der Waals surface area contributed by atoms with Crippen LogP contribution < -0.4 is 4.90 Å². The molecule has 2 heteroatoms. The number of benzene rings is 1. The van der Waals surface area contributed by atoms with Crippen LogP contribution in [0.25, 0.3) is 0 Å². The van der Waals surface area contributed by atoms with Crippen molar-refractivity contribution in [1.82, 2.24) is 0 Å². The average molecular weight is 228 g/mol. The lowest BCUT2D eigenvalue weighted by Gasteiger charge is -2.25. The van der Waals surface area contributed by atoms with Crippen LogP contribution in [0.2, 0.25) is 0 Å². The van der Waals surface area contributed by atoms with Crippen molar-refractivity contribution in [2.45, 2.75) is 39.0 Å². The zero-order chi connectivity index (χ0) is 12.1. The third-order valence-electron chi connectivity index (χ3n) is 3.54. The second-order valence-electron chi connectivity index (χ2n) is 4.71. The van der Waals surface area contributed by atoms with Gasteiger partial charge in [-0.25, -0.2) is 0 Å². The standard InChI is InChI=1S/C15H20N2/c1-2-14-11-13(12-16)7-8-15(14)17-9-5-3-4-6-10-17/h7-8,11H,2-6,9-10H2,1H3. The zero-order valence-corrected chi connectivity index (χ0v) is 10.6. The number of nitriles is 1. The predicted octanol–water partition coefficient (Wildman–Crippen LogP) is 3.50. The molecule has 2 rings (SSSR count). The second-order valence-corrected chi connectivity index (χ2v) is 4.71. The molecule has 0 saturated carbocycles. The smallest absolute Gasteiger partial charge is 0.0991 e. The molecule has 0 unspecified atom stereocenters. The summed E-state index contributed by atoms with van der Waals surface area (Å²) < 4.78 is 0. The molecule has 90 valence electrons. The summed E-state index contributed by atoms with van der Waals surface area (Å²) in [6, 6.07) is 8.34. The SMILES string of the molecule is CCc1cc(C#N)ccc1N1CCCCCC1. The maximum atomic E-state index is 8.94. The quantitative estimate of drug-likeness (QED) is 0.774. The van der Waals surface area contributed by atoms with Gasteiger partial charge in [0, 0.05) is 18.8 Å². The first-order chi connectivity index (χ1) is 8.35. The first kappa shape index (κ1) is 12.0. The van der Waals surface area contributed by atoms with Gasteiger partial charge in [0.15, 0.2) is 0 Å². The van der Waals surface area contributed by atoms with Crippen LogP contribution in [0.5, 0.6) is 0 Å². The summed E-state index contributed by atoms with van der Waals surface area (Å²) in [5.74, 6) is 0. The number of aryl methyl sites for hydroxylation is 1. The van der Waals surface area contributed by atoms with Crippen LogP contribution in [-0.4, -0.2) is 13.1 Å². The van der Waals surface area contributed by atoms with Gasteiger partial charge in [-0.15, -0.1) is 0 Å². The highest BCUT2D eigenvalue weighted by Gasteiger charge is 2.13. The van der Waals surface area contributed by atoms with Gasteiger partial charge in [-0.1, -0.05) is 19.8 Å². The first-order valence-corrected chi connectivity index (χ1v) is 6.63. The molecule has 2 nitrogen and oxygen atoms in total. The van der Waals surface area contributed by atoms with Crippen LogP contribution in [0.1, 0.15) is 43.7 Å². The molecule has 0 bridgehead atoms. The van der Waals surface area contributed by atoms with Gasteiger partial charge in [0.1, 0.15) is 0 Å². The van der Waals surface area contributed by atoms with E-state index in [1.54, 1.807) is 0 Å². The van der Waals surface area contributed by atoms with Crippen LogP contribution in [0.15, 0.2) is 18.2 Å². The molecule has 0 amide bonds. The van der Waals surface area contributed by atoms with E-state index in [4.69, 9.17) is 5.26 Å². The molecule has 1 aliphatic heterocycles. The molecule has 1 heterocycles. The number of rotatable bonds is 2. The van der Waals surface area contributed by atoms with Gasteiger partial charge in [-0.3, -0.25) is 0 Å². The van der Waals surface area contributed by atoms with E-state index >= 15 is 0 Å². The molecule has 0 atom stereocenters. The molecule has 0 N–H and O–H groups in total. The molecule has 0 aromatic heterocycles. The lowest BCUT2D eigenvalue weighted by Crippen LogP contribution is -2.25. The van der Waals surface area contributed by atoms with Gasteiger partial charge in [0.05, 0.1) is 11.6 Å². The Kier molecular flexibility index (Phi) is 4.03. The predicted molar refractivity (Wildman–Crippen MR) is 71.2 cm³/mol. The van der Waals surface area contributed by atoms with Crippen molar-refractivity contribution in [2.75, 3.05) is 18.0 Å². The van der Waals surface area contributed by atoms with Gasteiger partial charge < -0.3 is 4.90 Å². The van der Waals surface area contributed by atoms with Gasteiger partial charge in [0.25, 0.3) is 0 Å². The Hall–Kier alpha value is -1.49. The van der Waals surface area contributed by atoms with E-state index in [2.05, 4.69) is 24.0 Å². The summed E-state index contributed by atoms with van der Waals surface area (Å²) in [6.07, 6.45) is 6.30. The highest BCUT2D eigenvalue weighted by atomic mass is 15.1. The van der Waals surface area contributed by atoms with Gasteiger partial charge in [-0.05, 0) is 43.0 Å². The van der Waals surface area contributed by atoms with E-state index < -0.39 is 0 Å². The first-order valence-electron chi connectivity index (χ1n) is 6.63. The minimum Gasteiger partial charge on any atom is -0.371 e. The summed E-state index contributed by atoms with van der Waals surface area (Å²) in [5, 5.41) is 8.94.